The van der Waals surface area contributed by atoms with E-state index in [1.54, 1.807) is 6.20 Å². The Morgan fingerprint density at radius 1 is 1.03 bits per heavy atom. The van der Waals surface area contributed by atoms with Crippen molar-refractivity contribution in [3.8, 4) is 0 Å². The van der Waals surface area contributed by atoms with Crippen LogP contribution in [0.5, 0.6) is 0 Å². The van der Waals surface area contributed by atoms with Crippen molar-refractivity contribution in [1.29, 1.82) is 0 Å². The molecule has 3 aromatic rings. The van der Waals surface area contributed by atoms with E-state index in [0.29, 0.717) is 23.8 Å². The highest BCUT2D eigenvalue weighted by atomic mass is 16.2. The van der Waals surface area contributed by atoms with E-state index in [4.69, 9.17) is 7.85 Å². The number of rotatable bonds is 7. The smallest absolute Gasteiger partial charge is 0.321 e. The standard InChI is InChI=1S/C23H25BN6O/c24-20-16-26-22(29-21(20)25-12-11-17-7-2-1-3-8-17)27-18-9-6-10-19(15-18)28-23(31)30-13-4-5-14-30/h1-3,6-10,15-16H,4-5,11-14H2,(H,28,31)(H2,25,26,27,29). The second kappa shape index (κ2) is 9.97. The Kier molecular flexibility index (Phi) is 6.67. The lowest BCUT2D eigenvalue weighted by atomic mass is 9.99. The summed E-state index contributed by atoms with van der Waals surface area (Å²) >= 11 is 0. The van der Waals surface area contributed by atoms with Gasteiger partial charge in [-0.3, -0.25) is 0 Å². The number of nitrogens with zero attached hydrogens (tertiary/aromatic N) is 3. The predicted molar refractivity (Wildman–Crippen MR) is 126 cm³/mol. The summed E-state index contributed by atoms with van der Waals surface area (Å²) < 4.78 is 0. The third-order valence-electron chi connectivity index (χ3n) is 5.13. The van der Waals surface area contributed by atoms with Crippen LogP contribution < -0.4 is 21.4 Å². The van der Waals surface area contributed by atoms with Crippen molar-refractivity contribution in [2.45, 2.75) is 19.3 Å². The molecule has 1 aliphatic rings. The van der Waals surface area contributed by atoms with Crippen molar-refractivity contribution >= 4 is 42.5 Å². The summed E-state index contributed by atoms with van der Waals surface area (Å²) in [5, 5.41) is 9.41. The molecule has 0 atom stereocenters. The van der Waals surface area contributed by atoms with Gasteiger partial charge >= 0.3 is 6.03 Å². The largest absolute Gasteiger partial charge is 0.370 e. The molecule has 1 aliphatic heterocycles. The van der Waals surface area contributed by atoms with Gasteiger partial charge in [-0.25, -0.2) is 9.78 Å². The van der Waals surface area contributed by atoms with E-state index < -0.39 is 0 Å². The number of benzene rings is 2. The first-order valence-electron chi connectivity index (χ1n) is 10.5. The monoisotopic (exact) mass is 412 g/mol. The third-order valence-corrected chi connectivity index (χ3v) is 5.13. The lowest BCUT2D eigenvalue weighted by molar-refractivity contribution is 0.222. The van der Waals surface area contributed by atoms with Gasteiger partial charge in [-0.05, 0) is 48.5 Å². The zero-order valence-electron chi connectivity index (χ0n) is 17.3. The van der Waals surface area contributed by atoms with E-state index in [1.807, 2.05) is 47.4 Å². The summed E-state index contributed by atoms with van der Waals surface area (Å²) in [6, 6.07) is 17.7. The van der Waals surface area contributed by atoms with Crippen LogP contribution in [0.4, 0.5) is 27.9 Å². The summed E-state index contributed by atoms with van der Waals surface area (Å²) in [6.45, 7) is 2.33. The molecule has 0 saturated carbocycles. The Bertz CT molecular complexity index is 1020. The van der Waals surface area contributed by atoms with E-state index in [1.165, 1.54) is 5.56 Å². The van der Waals surface area contributed by atoms with Crippen molar-refractivity contribution in [2.75, 3.05) is 35.6 Å². The molecule has 156 valence electrons. The molecule has 0 bridgehead atoms. The van der Waals surface area contributed by atoms with Gasteiger partial charge in [-0.15, -0.1) is 0 Å². The van der Waals surface area contributed by atoms with E-state index >= 15 is 0 Å². The lowest BCUT2D eigenvalue weighted by Gasteiger charge is -2.16. The van der Waals surface area contributed by atoms with Crippen LogP contribution in [-0.2, 0) is 6.42 Å². The zero-order chi connectivity index (χ0) is 21.5. The zero-order valence-corrected chi connectivity index (χ0v) is 17.3. The number of likely N-dealkylation sites (tertiary alicyclic amines) is 1. The van der Waals surface area contributed by atoms with Crippen LogP contribution in [0, 0.1) is 0 Å². The lowest BCUT2D eigenvalue weighted by Crippen LogP contribution is -2.32. The molecule has 4 rings (SSSR count). The number of carbonyl (C=O) groups excluding carboxylic acids is 1. The minimum absolute atomic E-state index is 0.0664. The highest BCUT2D eigenvalue weighted by Gasteiger charge is 2.17. The first-order chi connectivity index (χ1) is 15.2. The number of hydrogen-bond acceptors (Lipinski definition) is 5. The van der Waals surface area contributed by atoms with Crippen LogP contribution in [-0.4, -0.2) is 48.4 Å². The maximum absolute atomic E-state index is 12.3. The average molecular weight is 412 g/mol. The summed E-state index contributed by atoms with van der Waals surface area (Å²) in [6.07, 6.45) is 4.57. The SMILES string of the molecule is [B]c1cnc(Nc2cccc(NC(=O)N3CCCC3)c2)nc1NCCc1ccccc1. The van der Waals surface area contributed by atoms with Crippen LogP contribution in [0.1, 0.15) is 18.4 Å². The third kappa shape index (κ3) is 5.75. The molecule has 31 heavy (non-hydrogen) atoms. The molecular formula is C23H25BN6O. The maximum atomic E-state index is 12.3. The number of aromatic nitrogens is 2. The highest BCUT2D eigenvalue weighted by molar-refractivity contribution is 6.35. The Labute approximate surface area is 183 Å². The normalized spacial score (nSPS) is 13.1. The molecule has 2 heterocycles. The van der Waals surface area contributed by atoms with Crippen LogP contribution >= 0.6 is 0 Å². The van der Waals surface area contributed by atoms with Crippen molar-refractivity contribution in [1.82, 2.24) is 14.9 Å². The fourth-order valence-corrected chi connectivity index (χ4v) is 3.49. The quantitative estimate of drug-likeness (QED) is 0.519. The maximum Gasteiger partial charge on any atom is 0.321 e. The molecule has 0 spiro atoms. The summed E-state index contributed by atoms with van der Waals surface area (Å²) in [7, 11) is 6.03. The minimum atomic E-state index is -0.0664. The molecule has 0 aliphatic carbocycles. The van der Waals surface area contributed by atoms with Gasteiger partial charge in [0.05, 0.1) is 0 Å². The first-order valence-corrected chi connectivity index (χ1v) is 10.5. The van der Waals surface area contributed by atoms with Crippen molar-refractivity contribution in [2.24, 2.45) is 0 Å². The Morgan fingerprint density at radius 2 is 1.81 bits per heavy atom. The number of carbonyl (C=O) groups is 1. The summed E-state index contributed by atoms with van der Waals surface area (Å²) in [4.78, 5) is 22.9. The highest BCUT2D eigenvalue weighted by Crippen LogP contribution is 2.19. The topological polar surface area (TPSA) is 82.2 Å². The molecule has 0 unspecified atom stereocenters. The Balaban J connectivity index is 1.37. The van der Waals surface area contributed by atoms with Gasteiger partial charge in [0.2, 0.25) is 5.95 Å². The first kappa shape index (κ1) is 20.7. The van der Waals surface area contributed by atoms with Crippen molar-refractivity contribution in [3.63, 3.8) is 0 Å². The van der Waals surface area contributed by atoms with Crippen molar-refractivity contribution in [3.05, 3.63) is 66.4 Å². The second-order valence-corrected chi connectivity index (χ2v) is 7.49. The number of anilines is 4. The van der Waals surface area contributed by atoms with Gasteiger partial charge in [-0.1, -0.05) is 36.4 Å². The van der Waals surface area contributed by atoms with Crippen LogP contribution in [0.3, 0.4) is 0 Å². The molecule has 2 radical (unpaired) electrons. The number of nitrogens with one attached hydrogen (secondary N) is 3. The van der Waals surface area contributed by atoms with Crippen LogP contribution in [0.25, 0.3) is 0 Å². The van der Waals surface area contributed by atoms with Gasteiger partial charge in [0, 0.05) is 37.2 Å². The van der Waals surface area contributed by atoms with Crippen LogP contribution in [0.15, 0.2) is 60.8 Å². The van der Waals surface area contributed by atoms with E-state index in [9.17, 15) is 4.79 Å². The molecule has 2 aromatic carbocycles. The number of urea groups is 1. The average Bonchev–Trinajstić information content (AvgIpc) is 3.32. The molecule has 3 N–H and O–H groups in total. The molecule has 7 nitrogen and oxygen atoms in total. The minimum Gasteiger partial charge on any atom is -0.370 e. The summed E-state index contributed by atoms with van der Waals surface area (Å²) in [5.74, 6) is 1.02. The van der Waals surface area contributed by atoms with E-state index in [-0.39, 0.29) is 6.03 Å². The second-order valence-electron chi connectivity index (χ2n) is 7.49. The predicted octanol–water partition coefficient (Wildman–Crippen LogP) is 3.30. The van der Waals surface area contributed by atoms with Crippen molar-refractivity contribution < 1.29 is 4.79 Å². The Hall–Kier alpha value is -3.55. The molecular weight excluding hydrogens is 387 g/mol. The van der Waals surface area contributed by atoms with Gasteiger partial charge in [0.1, 0.15) is 13.7 Å². The fraction of sp³-hybridized carbons (Fsp3) is 0.261. The van der Waals surface area contributed by atoms with Gasteiger partial charge < -0.3 is 20.9 Å². The number of amides is 2. The van der Waals surface area contributed by atoms with Gasteiger partial charge in [0.15, 0.2) is 0 Å². The molecule has 1 fully saturated rings. The van der Waals surface area contributed by atoms with Crippen LogP contribution in [0.2, 0.25) is 0 Å². The fourth-order valence-electron chi connectivity index (χ4n) is 3.49. The molecule has 2 amide bonds. The number of hydrogen-bond donors (Lipinski definition) is 3. The summed E-state index contributed by atoms with van der Waals surface area (Å²) in [5.41, 5.74) is 3.23. The van der Waals surface area contributed by atoms with E-state index in [0.717, 1.165) is 43.7 Å². The molecule has 8 heteroatoms. The Morgan fingerprint density at radius 3 is 2.61 bits per heavy atom. The van der Waals surface area contributed by atoms with Gasteiger partial charge in [-0.2, -0.15) is 4.98 Å². The van der Waals surface area contributed by atoms with E-state index in [2.05, 4.69) is 38.1 Å². The molecule has 1 saturated heterocycles. The molecule has 1 aromatic heterocycles. The van der Waals surface area contributed by atoms with Gasteiger partial charge in [0.25, 0.3) is 0 Å².